The molecule has 2 rings (SSSR count). The molecule has 16 heavy (non-hydrogen) atoms. The second-order valence-corrected chi connectivity index (χ2v) is 6.07. The van der Waals surface area contributed by atoms with Crippen LogP contribution in [0.25, 0.3) is 0 Å². The maximum atomic E-state index is 9.58. The third-order valence-electron chi connectivity index (χ3n) is 3.28. The molecular formula is C13H18INO. The predicted octanol–water partition coefficient (Wildman–Crippen LogP) is 2.50. The fourth-order valence-corrected chi connectivity index (χ4v) is 2.12. The Morgan fingerprint density at radius 1 is 1.38 bits per heavy atom. The second kappa shape index (κ2) is 5.02. The van der Waals surface area contributed by atoms with Gasteiger partial charge in [-0.05, 0) is 72.5 Å². The number of nitrogens with one attached hydrogen (secondary N) is 1. The molecule has 0 bridgehead atoms. The van der Waals surface area contributed by atoms with Crippen LogP contribution >= 0.6 is 22.6 Å². The van der Waals surface area contributed by atoms with Crippen molar-refractivity contribution in [2.24, 2.45) is 5.92 Å². The van der Waals surface area contributed by atoms with Crippen LogP contribution in [0.1, 0.15) is 25.3 Å². The number of halogens is 1. The first-order valence-electron chi connectivity index (χ1n) is 5.76. The molecule has 3 heteroatoms. The van der Waals surface area contributed by atoms with Crippen LogP contribution in [-0.2, 0) is 5.54 Å². The van der Waals surface area contributed by atoms with E-state index in [9.17, 15) is 5.11 Å². The Hall–Kier alpha value is -0.130. The van der Waals surface area contributed by atoms with Crippen molar-refractivity contribution < 1.29 is 5.11 Å². The average Bonchev–Trinajstić information content (AvgIpc) is 3.11. The highest BCUT2D eigenvalue weighted by atomic mass is 127. The summed E-state index contributed by atoms with van der Waals surface area (Å²) in [5.41, 5.74) is 0.864. The number of hydrogen-bond acceptors (Lipinski definition) is 2. The van der Waals surface area contributed by atoms with Crippen molar-refractivity contribution in [3.05, 3.63) is 33.4 Å². The molecule has 2 nitrogen and oxygen atoms in total. The van der Waals surface area contributed by atoms with Crippen molar-refractivity contribution in [2.75, 3.05) is 13.2 Å². The molecule has 0 aromatic heterocycles. The Bertz CT molecular complexity index is 347. The van der Waals surface area contributed by atoms with Crippen molar-refractivity contribution in [2.45, 2.75) is 25.3 Å². The number of rotatable bonds is 5. The summed E-state index contributed by atoms with van der Waals surface area (Å²) in [5.74, 6) is 0.828. The van der Waals surface area contributed by atoms with Gasteiger partial charge < -0.3 is 10.4 Å². The highest BCUT2D eigenvalue weighted by molar-refractivity contribution is 14.1. The Morgan fingerprint density at radius 3 is 2.50 bits per heavy atom. The summed E-state index contributed by atoms with van der Waals surface area (Å²) < 4.78 is 1.23. The Morgan fingerprint density at radius 2 is 2.00 bits per heavy atom. The van der Waals surface area contributed by atoms with Crippen molar-refractivity contribution in [1.29, 1.82) is 0 Å². The molecule has 2 N–H and O–H groups in total. The summed E-state index contributed by atoms with van der Waals surface area (Å²) in [5, 5.41) is 13.1. The van der Waals surface area contributed by atoms with Crippen LogP contribution in [0.4, 0.5) is 0 Å². The van der Waals surface area contributed by atoms with Crippen LogP contribution in [0, 0.1) is 9.49 Å². The van der Waals surface area contributed by atoms with Crippen LogP contribution in [-0.4, -0.2) is 18.3 Å². The fourth-order valence-electron chi connectivity index (χ4n) is 1.76. The van der Waals surface area contributed by atoms with E-state index in [4.69, 9.17) is 0 Å². The minimum Gasteiger partial charge on any atom is -0.394 e. The van der Waals surface area contributed by atoms with E-state index in [0.717, 1.165) is 18.0 Å². The quantitative estimate of drug-likeness (QED) is 0.813. The second-order valence-electron chi connectivity index (χ2n) is 4.82. The SMILES string of the molecule is CC(CO)(NCC1CC1)c1ccc(I)cc1. The van der Waals surface area contributed by atoms with E-state index >= 15 is 0 Å². The molecule has 0 amide bonds. The van der Waals surface area contributed by atoms with Gasteiger partial charge in [-0.25, -0.2) is 0 Å². The molecule has 1 atom stereocenters. The first-order chi connectivity index (χ1) is 7.64. The number of aliphatic hydroxyl groups excluding tert-OH is 1. The lowest BCUT2D eigenvalue weighted by atomic mass is 9.93. The van der Waals surface area contributed by atoms with Crippen LogP contribution in [0.15, 0.2) is 24.3 Å². The fraction of sp³-hybridized carbons (Fsp3) is 0.538. The van der Waals surface area contributed by atoms with Crippen molar-refractivity contribution in [1.82, 2.24) is 5.32 Å². The lowest BCUT2D eigenvalue weighted by Crippen LogP contribution is -2.43. The molecular weight excluding hydrogens is 313 g/mol. The van der Waals surface area contributed by atoms with Crippen LogP contribution in [0.2, 0.25) is 0 Å². The summed E-state index contributed by atoms with van der Waals surface area (Å²) in [6.45, 7) is 3.22. The number of aliphatic hydroxyl groups is 1. The van der Waals surface area contributed by atoms with E-state index in [1.807, 2.05) is 0 Å². The third-order valence-corrected chi connectivity index (χ3v) is 3.99. The van der Waals surface area contributed by atoms with E-state index in [1.54, 1.807) is 0 Å². The van der Waals surface area contributed by atoms with Crippen LogP contribution < -0.4 is 5.32 Å². The molecule has 1 aromatic rings. The maximum Gasteiger partial charge on any atom is 0.0652 e. The van der Waals surface area contributed by atoms with Gasteiger partial charge in [0.25, 0.3) is 0 Å². The Labute approximate surface area is 111 Å². The average molecular weight is 331 g/mol. The smallest absolute Gasteiger partial charge is 0.0652 e. The zero-order valence-corrected chi connectivity index (χ0v) is 11.7. The van der Waals surface area contributed by atoms with Crippen molar-refractivity contribution in [3.8, 4) is 0 Å². The van der Waals surface area contributed by atoms with Crippen molar-refractivity contribution in [3.63, 3.8) is 0 Å². The van der Waals surface area contributed by atoms with E-state index in [1.165, 1.54) is 16.4 Å². The zero-order chi connectivity index (χ0) is 11.6. The lowest BCUT2D eigenvalue weighted by Gasteiger charge is -2.29. The van der Waals surface area contributed by atoms with E-state index in [-0.39, 0.29) is 12.1 Å². The third kappa shape index (κ3) is 2.96. The molecule has 0 saturated heterocycles. The maximum absolute atomic E-state index is 9.58. The van der Waals surface area contributed by atoms with Crippen LogP contribution in [0.3, 0.4) is 0 Å². The minimum atomic E-state index is -0.299. The Kier molecular flexibility index (Phi) is 3.87. The molecule has 1 aliphatic rings. The summed E-state index contributed by atoms with van der Waals surface area (Å²) in [6.07, 6.45) is 2.67. The van der Waals surface area contributed by atoms with Gasteiger partial charge in [0.15, 0.2) is 0 Å². The first-order valence-corrected chi connectivity index (χ1v) is 6.84. The summed E-state index contributed by atoms with van der Waals surface area (Å²) in [7, 11) is 0. The van der Waals surface area contributed by atoms with Crippen LogP contribution in [0.5, 0.6) is 0 Å². The molecule has 1 unspecified atom stereocenters. The minimum absolute atomic E-state index is 0.139. The van der Waals surface area contributed by atoms with Gasteiger partial charge >= 0.3 is 0 Å². The number of benzene rings is 1. The predicted molar refractivity (Wildman–Crippen MR) is 74.3 cm³/mol. The molecule has 1 aromatic carbocycles. The van der Waals surface area contributed by atoms with Gasteiger partial charge in [0.1, 0.15) is 0 Å². The molecule has 1 aliphatic carbocycles. The molecule has 1 saturated carbocycles. The van der Waals surface area contributed by atoms with Gasteiger partial charge in [-0.3, -0.25) is 0 Å². The summed E-state index contributed by atoms with van der Waals surface area (Å²) in [4.78, 5) is 0. The van der Waals surface area contributed by atoms with E-state index < -0.39 is 0 Å². The van der Waals surface area contributed by atoms with E-state index in [0.29, 0.717) is 0 Å². The van der Waals surface area contributed by atoms with Gasteiger partial charge in [0.2, 0.25) is 0 Å². The standard InChI is InChI=1S/C13H18INO/c1-13(9-16,15-8-10-2-3-10)11-4-6-12(14)7-5-11/h4-7,10,15-16H,2-3,8-9H2,1H3. The molecule has 0 spiro atoms. The van der Waals surface area contributed by atoms with Gasteiger partial charge in [-0.15, -0.1) is 0 Å². The van der Waals surface area contributed by atoms with Crippen molar-refractivity contribution >= 4 is 22.6 Å². The molecule has 1 fully saturated rings. The number of hydrogen-bond donors (Lipinski definition) is 2. The topological polar surface area (TPSA) is 32.3 Å². The van der Waals surface area contributed by atoms with Gasteiger partial charge in [-0.1, -0.05) is 12.1 Å². The monoisotopic (exact) mass is 331 g/mol. The summed E-state index contributed by atoms with van der Waals surface area (Å²) in [6, 6.07) is 8.36. The summed E-state index contributed by atoms with van der Waals surface area (Å²) >= 11 is 2.30. The first kappa shape index (κ1) is 12.3. The highest BCUT2D eigenvalue weighted by Crippen LogP contribution is 2.30. The zero-order valence-electron chi connectivity index (χ0n) is 9.54. The largest absolute Gasteiger partial charge is 0.394 e. The molecule has 0 aliphatic heterocycles. The molecule has 0 radical (unpaired) electrons. The normalized spacial score (nSPS) is 19.4. The molecule has 0 heterocycles. The van der Waals surface area contributed by atoms with Gasteiger partial charge in [0, 0.05) is 3.57 Å². The highest BCUT2D eigenvalue weighted by Gasteiger charge is 2.29. The van der Waals surface area contributed by atoms with Gasteiger partial charge in [-0.2, -0.15) is 0 Å². The van der Waals surface area contributed by atoms with E-state index in [2.05, 4.69) is 59.1 Å². The lowest BCUT2D eigenvalue weighted by molar-refractivity contribution is 0.174. The Balaban J connectivity index is 2.08. The van der Waals surface area contributed by atoms with Gasteiger partial charge in [0.05, 0.1) is 12.1 Å². The molecule has 88 valence electrons.